The lowest BCUT2D eigenvalue weighted by Crippen LogP contribution is -2.19. The summed E-state index contributed by atoms with van der Waals surface area (Å²) >= 11 is 0. The van der Waals surface area contributed by atoms with E-state index in [0.717, 1.165) is 30.2 Å². The maximum absolute atomic E-state index is 12.2. The van der Waals surface area contributed by atoms with Gasteiger partial charge < -0.3 is 19.4 Å². The predicted molar refractivity (Wildman–Crippen MR) is 88.7 cm³/mol. The fraction of sp³-hybridized carbons (Fsp3) is 0.389. The second kappa shape index (κ2) is 6.87. The highest BCUT2D eigenvalue weighted by molar-refractivity contribution is 5.95. The summed E-state index contributed by atoms with van der Waals surface area (Å²) in [7, 11) is 4.02. The summed E-state index contributed by atoms with van der Waals surface area (Å²) in [6.07, 6.45) is 2.50. The second-order valence-corrected chi connectivity index (χ2v) is 6.13. The van der Waals surface area contributed by atoms with Crippen LogP contribution in [0.2, 0.25) is 0 Å². The van der Waals surface area contributed by atoms with Crippen LogP contribution < -0.4 is 10.1 Å². The average Bonchev–Trinajstić information content (AvgIpc) is 3.15. The van der Waals surface area contributed by atoms with Gasteiger partial charge in [-0.1, -0.05) is 0 Å². The maximum Gasteiger partial charge on any atom is 0.228 e. The molecule has 2 unspecified atom stereocenters. The third kappa shape index (κ3) is 4.13. The minimum Gasteiger partial charge on any atom is -0.492 e. The quantitative estimate of drug-likeness (QED) is 0.853. The van der Waals surface area contributed by atoms with Crippen LogP contribution >= 0.6 is 0 Å². The number of likely N-dealkylation sites (N-methyl/N-ethyl adjacent to an activating group) is 1. The number of nitrogens with one attached hydrogen (secondary N) is 1. The van der Waals surface area contributed by atoms with Crippen LogP contribution in [-0.4, -0.2) is 38.1 Å². The van der Waals surface area contributed by atoms with Gasteiger partial charge in [-0.2, -0.15) is 0 Å². The molecule has 1 fully saturated rings. The Kier molecular flexibility index (Phi) is 4.67. The van der Waals surface area contributed by atoms with Gasteiger partial charge in [-0.25, -0.2) is 0 Å². The summed E-state index contributed by atoms with van der Waals surface area (Å²) in [5.41, 5.74) is 0.792. The van der Waals surface area contributed by atoms with Gasteiger partial charge in [0.2, 0.25) is 5.91 Å². The number of hydrogen-bond donors (Lipinski definition) is 1. The topological polar surface area (TPSA) is 54.7 Å². The zero-order valence-corrected chi connectivity index (χ0v) is 13.5. The number of carbonyl (C=O) groups is 1. The van der Waals surface area contributed by atoms with Gasteiger partial charge >= 0.3 is 0 Å². The zero-order chi connectivity index (χ0) is 16.2. The molecule has 0 aliphatic heterocycles. The first-order chi connectivity index (χ1) is 11.1. The van der Waals surface area contributed by atoms with E-state index in [9.17, 15) is 4.79 Å². The number of ether oxygens (including phenoxy) is 1. The van der Waals surface area contributed by atoms with Crippen LogP contribution in [0.25, 0.3) is 0 Å². The molecule has 1 aliphatic rings. The van der Waals surface area contributed by atoms with Gasteiger partial charge in [0.25, 0.3) is 0 Å². The normalized spacial score (nSPS) is 19.6. The summed E-state index contributed by atoms with van der Waals surface area (Å²) in [5.74, 6) is 1.99. The summed E-state index contributed by atoms with van der Waals surface area (Å²) in [5, 5.41) is 2.95. The van der Waals surface area contributed by atoms with Gasteiger partial charge in [-0.3, -0.25) is 4.79 Å². The van der Waals surface area contributed by atoms with E-state index in [1.165, 1.54) is 0 Å². The first-order valence-electron chi connectivity index (χ1n) is 7.85. The Morgan fingerprint density at radius 1 is 1.30 bits per heavy atom. The van der Waals surface area contributed by atoms with Crippen molar-refractivity contribution in [3.63, 3.8) is 0 Å². The smallest absolute Gasteiger partial charge is 0.228 e. The molecule has 23 heavy (non-hydrogen) atoms. The Morgan fingerprint density at radius 3 is 2.74 bits per heavy atom. The minimum absolute atomic E-state index is 0.0113. The van der Waals surface area contributed by atoms with Crippen LogP contribution in [0.5, 0.6) is 5.75 Å². The number of rotatable bonds is 7. The van der Waals surface area contributed by atoms with Crippen molar-refractivity contribution < 1.29 is 13.9 Å². The van der Waals surface area contributed by atoms with Gasteiger partial charge in [0, 0.05) is 24.1 Å². The van der Waals surface area contributed by atoms with Crippen LogP contribution in [0, 0.1) is 5.92 Å². The molecule has 5 nitrogen and oxygen atoms in total. The molecule has 1 aromatic heterocycles. The molecular weight excluding hydrogens is 292 g/mol. The number of furan rings is 1. The number of nitrogens with zero attached hydrogens (tertiary/aromatic N) is 1. The molecule has 1 saturated carbocycles. The lowest BCUT2D eigenvalue weighted by atomic mass is 10.2. The van der Waals surface area contributed by atoms with Crippen LogP contribution in [0.1, 0.15) is 18.1 Å². The molecule has 1 aliphatic carbocycles. The molecule has 2 aromatic rings. The number of hydrogen-bond acceptors (Lipinski definition) is 4. The van der Waals surface area contributed by atoms with Gasteiger partial charge in [0.1, 0.15) is 18.1 Å². The molecule has 2 atom stereocenters. The fourth-order valence-corrected chi connectivity index (χ4v) is 2.52. The Morgan fingerprint density at radius 2 is 2.09 bits per heavy atom. The summed E-state index contributed by atoms with van der Waals surface area (Å²) in [6, 6.07) is 11.3. The fourth-order valence-electron chi connectivity index (χ4n) is 2.52. The SMILES string of the molecule is CN(C)CCOc1ccc(NC(=O)C2CC2c2ccco2)cc1. The molecule has 0 saturated heterocycles. The van der Waals surface area contributed by atoms with Crippen molar-refractivity contribution in [3.05, 3.63) is 48.4 Å². The van der Waals surface area contributed by atoms with E-state index in [-0.39, 0.29) is 17.7 Å². The van der Waals surface area contributed by atoms with Crippen molar-refractivity contribution in [1.29, 1.82) is 0 Å². The first kappa shape index (κ1) is 15.6. The molecule has 1 amide bonds. The lowest BCUT2D eigenvalue weighted by Gasteiger charge is -2.11. The van der Waals surface area contributed by atoms with Crippen molar-refractivity contribution in [2.45, 2.75) is 12.3 Å². The third-order valence-electron chi connectivity index (χ3n) is 3.96. The maximum atomic E-state index is 12.2. The average molecular weight is 314 g/mol. The molecule has 1 heterocycles. The van der Waals surface area contributed by atoms with Crippen molar-refractivity contribution in [1.82, 2.24) is 4.90 Å². The summed E-state index contributed by atoms with van der Waals surface area (Å²) in [4.78, 5) is 14.3. The summed E-state index contributed by atoms with van der Waals surface area (Å²) in [6.45, 7) is 1.51. The Balaban J connectivity index is 1.48. The molecule has 5 heteroatoms. The van der Waals surface area contributed by atoms with Crippen LogP contribution in [0.15, 0.2) is 47.1 Å². The van der Waals surface area contributed by atoms with E-state index in [2.05, 4.69) is 10.2 Å². The van der Waals surface area contributed by atoms with Gasteiger partial charge in [-0.15, -0.1) is 0 Å². The molecule has 122 valence electrons. The van der Waals surface area contributed by atoms with Crippen LogP contribution in [0.4, 0.5) is 5.69 Å². The highest BCUT2D eigenvalue weighted by Crippen LogP contribution is 2.48. The largest absolute Gasteiger partial charge is 0.492 e. The van der Waals surface area contributed by atoms with E-state index >= 15 is 0 Å². The van der Waals surface area contributed by atoms with Crippen molar-refractivity contribution in [2.24, 2.45) is 5.92 Å². The third-order valence-corrected chi connectivity index (χ3v) is 3.96. The van der Waals surface area contributed by atoms with Crippen LogP contribution in [-0.2, 0) is 4.79 Å². The zero-order valence-electron chi connectivity index (χ0n) is 13.5. The van der Waals surface area contributed by atoms with E-state index < -0.39 is 0 Å². The summed E-state index contributed by atoms with van der Waals surface area (Å²) < 4.78 is 11.0. The number of anilines is 1. The Bertz CT molecular complexity index is 635. The standard InChI is InChI=1S/C18H22N2O3/c1-20(2)9-11-22-14-7-5-13(6-8-14)19-18(21)16-12-15(16)17-4-3-10-23-17/h3-8,10,15-16H,9,11-12H2,1-2H3,(H,19,21). The molecule has 0 bridgehead atoms. The van der Waals surface area contributed by atoms with Crippen molar-refractivity contribution in [2.75, 3.05) is 32.6 Å². The number of amides is 1. The molecular formula is C18H22N2O3. The minimum atomic E-state index is 0.0113. The monoisotopic (exact) mass is 314 g/mol. The van der Waals surface area contributed by atoms with Gasteiger partial charge in [0.05, 0.1) is 6.26 Å². The molecule has 3 rings (SSSR count). The number of carbonyl (C=O) groups excluding carboxylic acids is 1. The van der Waals surface area contributed by atoms with Gasteiger partial charge in [0.15, 0.2) is 0 Å². The Hall–Kier alpha value is -2.27. The molecule has 1 N–H and O–H groups in total. The predicted octanol–water partition coefficient (Wildman–Crippen LogP) is 2.96. The van der Waals surface area contributed by atoms with E-state index in [4.69, 9.17) is 9.15 Å². The number of benzene rings is 1. The molecule has 0 radical (unpaired) electrons. The first-order valence-corrected chi connectivity index (χ1v) is 7.85. The molecule has 0 spiro atoms. The highest BCUT2D eigenvalue weighted by Gasteiger charge is 2.45. The van der Waals surface area contributed by atoms with Crippen molar-refractivity contribution >= 4 is 11.6 Å². The van der Waals surface area contributed by atoms with E-state index in [1.54, 1.807) is 6.26 Å². The Labute approximate surface area is 136 Å². The van der Waals surface area contributed by atoms with E-state index in [1.807, 2.05) is 50.5 Å². The van der Waals surface area contributed by atoms with Gasteiger partial charge in [-0.05, 0) is 56.9 Å². The molecule has 1 aromatic carbocycles. The lowest BCUT2D eigenvalue weighted by molar-refractivity contribution is -0.117. The second-order valence-electron chi connectivity index (χ2n) is 6.13. The highest BCUT2D eigenvalue weighted by atomic mass is 16.5. The van der Waals surface area contributed by atoms with Crippen molar-refractivity contribution in [3.8, 4) is 5.75 Å². The van der Waals surface area contributed by atoms with E-state index in [0.29, 0.717) is 6.61 Å². The van der Waals surface area contributed by atoms with Crippen LogP contribution in [0.3, 0.4) is 0 Å².